The number of carbonyl (C=O) groups excluding carboxylic acids is 1. The topological polar surface area (TPSA) is 75.3 Å². The number of nitrogens with one attached hydrogen (secondary N) is 2. The number of hydrogen-bond acceptors (Lipinski definition) is 3. The number of para-hydroxylation sites is 1. The van der Waals surface area contributed by atoms with Gasteiger partial charge in [0, 0.05) is 12.1 Å². The van der Waals surface area contributed by atoms with Crippen LogP contribution in [0, 0.1) is 17.6 Å². The van der Waals surface area contributed by atoms with Gasteiger partial charge in [-0.25, -0.2) is 17.2 Å². The van der Waals surface area contributed by atoms with Gasteiger partial charge < -0.3 is 5.32 Å². The van der Waals surface area contributed by atoms with E-state index in [9.17, 15) is 22.0 Å². The van der Waals surface area contributed by atoms with E-state index in [0.717, 1.165) is 30.7 Å². The predicted octanol–water partition coefficient (Wildman–Crippen LogP) is 3.54. The lowest BCUT2D eigenvalue weighted by molar-refractivity contribution is 0.0952. The molecule has 2 aromatic carbocycles. The Hall–Kier alpha value is -2.48. The number of carbonyl (C=O) groups is 1. The van der Waals surface area contributed by atoms with E-state index in [-0.39, 0.29) is 10.5 Å². The quantitative estimate of drug-likeness (QED) is 0.769. The Bertz CT molecular complexity index is 879. The molecule has 0 heterocycles. The molecule has 0 aliphatic rings. The van der Waals surface area contributed by atoms with Crippen molar-refractivity contribution >= 4 is 21.6 Å². The van der Waals surface area contributed by atoms with Gasteiger partial charge in [-0.05, 0) is 42.7 Å². The molecule has 8 heteroatoms. The van der Waals surface area contributed by atoms with Crippen molar-refractivity contribution in [3.8, 4) is 0 Å². The molecule has 140 valence electrons. The van der Waals surface area contributed by atoms with E-state index in [2.05, 4.69) is 5.32 Å². The molecule has 0 atom stereocenters. The van der Waals surface area contributed by atoms with Gasteiger partial charge in [0.1, 0.15) is 17.3 Å². The molecule has 0 radical (unpaired) electrons. The largest absolute Gasteiger partial charge is 0.352 e. The molecule has 0 aliphatic carbocycles. The predicted molar refractivity (Wildman–Crippen MR) is 95.4 cm³/mol. The summed E-state index contributed by atoms with van der Waals surface area (Å²) in [5.41, 5.74) is -0.620. The third kappa shape index (κ3) is 5.01. The Labute approximate surface area is 151 Å². The molecule has 0 aliphatic heterocycles. The van der Waals surface area contributed by atoms with E-state index in [4.69, 9.17) is 0 Å². The van der Waals surface area contributed by atoms with Gasteiger partial charge >= 0.3 is 0 Å². The van der Waals surface area contributed by atoms with Crippen molar-refractivity contribution in [2.45, 2.75) is 25.2 Å². The van der Waals surface area contributed by atoms with Gasteiger partial charge in [0.2, 0.25) is 0 Å². The Kier molecular flexibility index (Phi) is 6.31. The Balaban J connectivity index is 2.21. The van der Waals surface area contributed by atoms with Gasteiger partial charge in [-0.2, -0.15) is 0 Å². The van der Waals surface area contributed by atoms with Crippen LogP contribution in [0.25, 0.3) is 0 Å². The molecule has 0 fully saturated rings. The molecular weight excluding hydrogens is 362 g/mol. The lowest BCUT2D eigenvalue weighted by atomic mass is 10.1. The highest BCUT2D eigenvalue weighted by Crippen LogP contribution is 2.22. The van der Waals surface area contributed by atoms with E-state index in [1.807, 2.05) is 18.6 Å². The zero-order chi connectivity index (χ0) is 19.3. The van der Waals surface area contributed by atoms with E-state index in [1.54, 1.807) is 0 Å². The van der Waals surface area contributed by atoms with E-state index in [1.165, 1.54) is 18.2 Å². The molecule has 0 aromatic heterocycles. The Morgan fingerprint density at radius 3 is 2.31 bits per heavy atom. The Morgan fingerprint density at radius 1 is 1.08 bits per heavy atom. The summed E-state index contributed by atoms with van der Waals surface area (Å²) < 4.78 is 54.1. The highest BCUT2D eigenvalue weighted by atomic mass is 32.2. The number of halogens is 2. The van der Waals surface area contributed by atoms with Crippen molar-refractivity contribution in [1.82, 2.24) is 5.32 Å². The zero-order valence-corrected chi connectivity index (χ0v) is 15.2. The summed E-state index contributed by atoms with van der Waals surface area (Å²) in [5.74, 6) is -2.06. The van der Waals surface area contributed by atoms with Crippen LogP contribution in [0.15, 0.2) is 47.4 Å². The number of rotatable bonds is 7. The van der Waals surface area contributed by atoms with Crippen molar-refractivity contribution in [3.63, 3.8) is 0 Å². The molecule has 0 saturated carbocycles. The van der Waals surface area contributed by atoms with Crippen LogP contribution < -0.4 is 10.0 Å². The van der Waals surface area contributed by atoms with E-state index >= 15 is 0 Å². The number of amides is 1. The number of hydrogen-bond donors (Lipinski definition) is 2. The summed E-state index contributed by atoms with van der Waals surface area (Å²) in [6.07, 6.45) is 0.790. The van der Waals surface area contributed by atoms with Crippen LogP contribution in [0.2, 0.25) is 0 Å². The van der Waals surface area contributed by atoms with Crippen molar-refractivity contribution in [2.24, 2.45) is 5.92 Å². The molecule has 1 amide bonds. The maximum atomic E-state index is 13.7. The fraction of sp³-hybridized carbons (Fsp3) is 0.278. The number of anilines is 1. The van der Waals surface area contributed by atoms with Gasteiger partial charge in [-0.15, -0.1) is 0 Å². The summed E-state index contributed by atoms with van der Waals surface area (Å²) >= 11 is 0. The SMILES string of the molecule is CC(C)CCNC(=O)c1cccc(S(=O)(=O)Nc2c(F)cccc2F)c1. The number of sulfonamides is 1. The maximum Gasteiger partial charge on any atom is 0.262 e. The molecule has 0 unspecified atom stereocenters. The van der Waals surface area contributed by atoms with Crippen LogP contribution in [-0.4, -0.2) is 20.9 Å². The van der Waals surface area contributed by atoms with Crippen LogP contribution in [0.3, 0.4) is 0 Å². The standard InChI is InChI=1S/C18H20F2N2O3S/c1-12(2)9-10-21-18(23)13-5-3-6-14(11-13)26(24,25)22-17-15(19)7-4-8-16(17)20/h3-8,11-12,22H,9-10H2,1-2H3,(H,21,23). The minimum atomic E-state index is -4.26. The van der Waals surface area contributed by atoms with Crippen LogP contribution in [0.1, 0.15) is 30.6 Å². The minimum Gasteiger partial charge on any atom is -0.352 e. The molecule has 5 nitrogen and oxygen atoms in total. The first-order valence-corrected chi connectivity index (χ1v) is 9.54. The van der Waals surface area contributed by atoms with Gasteiger partial charge in [0.25, 0.3) is 15.9 Å². The second-order valence-electron chi connectivity index (χ2n) is 6.17. The third-order valence-corrected chi connectivity index (χ3v) is 4.96. The minimum absolute atomic E-state index is 0.144. The first kappa shape index (κ1) is 19.8. The average molecular weight is 382 g/mol. The first-order chi connectivity index (χ1) is 12.2. The molecule has 0 saturated heterocycles. The summed E-state index contributed by atoms with van der Waals surface area (Å²) in [7, 11) is -4.26. The first-order valence-electron chi connectivity index (χ1n) is 8.06. The molecular formula is C18H20F2N2O3S. The molecule has 0 spiro atoms. The summed E-state index contributed by atoms with van der Waals surface area (Å²) in [6.45, 7) is 4.51. The average Bonchev–Trinajstić information content (AvgIpc) is 2.58. The second-order valence-corrected chi connectivity index (χ2v) is 7.85. The summed E-state index contributed by atoms with van der Waals surface area (Å²) in [6, 6.07) is 8.28. The highest BCUT2D eigenvalue weighted by molar-refractivity contribution is 7.92. The normalized spacial score (nSPS) is 11.4. The lowest BCUT2D eigenvalue weighted by Gasteiger charge is -2.11. The Morgan fingerprint density at radius 2 is 1.69 bits per heavy atom. The van der Waals surface area contributed by atoms with Crippen molar-refractivity contribution in [3.05, 3.63) is 59.7 Å². The fourth-order valence-corrected chi connectivity index (χ4v) is 3.29. The molecule has 0 bridgehead atoms. The smallest absolute Gasteiger partial charge is 0.262 e. The zero-order valence-electron chi connectivity index (χ0n) is 14.4. The number of benzene rings is 2. The highest BCUT2D eigenvalue weighted by Gasteiger charge is 2.20. The van der Waals surface area contributed by atoms with Gasteiger partial charge in [0.05, 0.1) is 4.90 Å². The monoisotopic (exact) mass is 382 g/mol. The van der Waals surface area contributed by atoms with E-state index < -0.39 is 33.3 Å². The van der Waals surface area contributed by atoms with Crippen LogP contribution in [0.4, 0.5) is 14.5 Å². The van der Waals surface area contributed by atoms with Crippen molar-refractivity contribution < 1.29 is 22.0 Å². The lowest BCUT2D eigenvalue weighted by Crippen LogP contribution is -2.25. The van der Waals surface area contributed by atoms with Crippen molar-refractivity contribution in [1.29, 1.82) is 0 Å². The maximum absolute atomic E-state index is 13.7. The van der Waals surface area contributed by atoms with Gasteiger partial charge in [-0.3, -0.25) is 9.52 Å². The van der Waals surface area contributed by atoms with Gasteiger partial charge in [-0.1, -0.05) is 26.0 Å². The van der Waals surface area contributed by atoms with Gasteiger partial charge in [0.15, 0.2) is 0 Å². The summed E-state index contributed by atoms with van der Waals surface area (Å²) in [5, 5.41) is 2.70. The van der Waals surface area contributed by atoms with Crippen LogP contribution in [0.5, 0.6) is 0 Å². The van der Waals surface area contributed by atoms with E-state index in [0.29, 0.717) is 12.5 Å². The van der Waals surface area contributed by atoms with Crippen molar-refractivity contribution in [2.75, 3.05) is 11.3 Å². The van der Waals surface area contributed by atoms with Crippen LogP contribution >= 0.6 is 0 Å². The third-order valence-electron chi connectivity index (χ3n) is 3.61. The molecule has 2 aromatic rings. The second kappa shape index (κ2) is 8.27. The summed E-state index contributed by atoms with van der Waals surface area (Å²) in [4.78, 5) is 11.9. The van der Waals surface area contributed by atoms with Crippen LogP contribution in [-0.2, 0) is 10.0 Å². The fourth-order valence-electron chi connectivity index (χ4n) is 2.17. The molecule has 2 N–H and O–H groups in total. The molecule has 26 heavy (non-hydrogen) atoms. The molecule has 2 rings (SSSR count).